The molecular weight excluding hydrogens is 482 g/mol. The number of carbonyl (C=O) groups is 1. The summed E-state index contributed by atoms with van der Waals surface area (Å²) in [7, 11) is 0. The number of rotatable bonds is 8. The second kappa shape index (κ2) is 10.7. The lowest BCUT2D eigenvalue weighted by Crippen LogP contribution is -2.37. The number of imidazole rings is 1. The molecule has 0 aliphatic carbocycles. The first-order valence-corrected chi connectivity index (χ1v) is 13.4. The smallest absolute Gasteiger partial charge is 0.229 e. The lowest BCUT2D eigenvalue weighted by Gasteiger charge is -2.37. The van der Waals surface area contributed by atoms with Gasteiger partial charge in [-0.15, -0.1) is 0 Å². The van der Waals surface area contributed by atoms with Gasteiger partial charge in [0.25, 0.3) is 0 Å². The number of carbonyl (C=O) groups excluding carboxylic acids is 1. The highest BCUT2D eigenvalue weighted by atomic mass is 16.3. The predicted molar refractivity (Wildman–Crippen MR) is 152 cm³/mol. The van der Waals surface area contributed by atoms with E-state index in [1.54, 1.807) is 6.33 Å². The van der Waals surface area contributed by atoms with Gasteiger partial charge in [0.15, 0.2) is 0 Å². The molecule has 0 saturated carbocycles. The number of hydrogen-bond acceptors (Lipinski definition) is 3. The van der Waals surface area contributed by atoms with Crippen LogP contribution in [0.2, 0.25) is 0 Å². The molecule has 1 N–H and O–H groups in total. The van der Waals surface area contributed by atoms with Gasteiger partial charge < -0.3 is 14.6 Å². The molecule has 194 valence electrons. The van der Waals surface area contributed by atoms with Crippen molar-refractivity contribution in [3.63, 3.8) is 0 Å². The lowest BCUT2D eigenvalue weighted by molar-refractivity contribution is -0.134. The van der Waals surface area contributed by atoms with Gasteiger partial charge in [0.2, 0.25) is 5.91 Å². The van der Waals surface area contributed by atoms with E-state index in [1.807, 2.05) is 96.0 Å². The number of hydrogen-bond donors (Lipinski definition) is 1. The fourth-order valence-electron chi connectivity index (χ4n) is 5.88. The first-order chi connectivity index (χ1) is 19.2. The van der Waals surface area contributed by atoms with Crippen molar-refractivity contribution in [2.45, 2.75) is 24.6 Å². The zero-order chi connectivity index (χ0) is 26.7. The number of aliphatic hydroxyl groups excluding tert-OH is 1. The zero-order valence-electron chi connectivity index (χ0n) is 21.7. The molecule has 5 heteroatoms. The summed E-state index contributed by atoms with van der Waals surface area (Å²) < 4.78 is 2.08. The van der Waals surface area contributed by atoms with E-state index in [4.69, 9.17) is 0 Å². The predicted octanol–water partition coefficient (Wildman–Crippen LogP) is 5.81. The maximum Gasteiger partial charge on any atom is 0.229 e. The number of likely N-dealkylation sites (tertiary alicyclic amines) is 1. The van der Waals surface area contributed by atoms with Crippen LogP contribution in [0.15, 0.2) is 134 Å². The first kappa shape index (κ1) is 24.8. The Bertz CT molecular complexity index is 1420. The largest absolute Gasteiger partial charge is 0.386 e. The summed E-state index contributed by atoms with van der Waals surface area (Å²) in [6.45, 7) is 1.18. The second-order valence-corrected chi connectivity index (χ2v) is 10.1. The number of amides is 1. The van der Waals surface area contributed by atoms with Gasteiger partial charge >= 0.3 is 0 Å². The minimum Gasteiger partial charge on any atom is -0.386 e. The molecule has 1 aromatic heterocycles. The maximum atomic E-state index is 13.3. The van der Waals surface area contributed by atoms with Gasteiger partial charge in [0.05, 0.1) is 17.9 Å². The van der Waals surface area contributed by atoms with E-state index in [2.05, 4.69) is 45.9 Å². The van der Waals surface area contributed by atoms with Gasteiger partial charge in [0.1, 0.15) is 11.6 Å². The van der Waals surface area contributed by atoms with Crippen molar-refractivity contribution < 1.29 is 9.90 Å². The molecule has 1 amide bonds. The van der Waals surface area contributed by atoms with Crippen LogP contribution in [0.5, 0.6) is 0 Å². The standard InChI is InChI=1S/C34H31N3O2/c38-32(30-21-22-36(33(30)39)23-26-13-5-1-6-14-26)31-24-37(25-35-31)34(27-15-7-2-8-16-27,28-17-9-3-10-18-28)29-19-11-4-12-20-29/h1-20,24-25,30,32,38H,21-23H2. The third kappa shape index (κ3) is 4.55. The summed E-state index contributed by atoms with van der Waals surface area (Å²) >= 11 is 0. The third-order valence-electron chi connectivity index (χ3n) is 7.80. The average molecular weight is 514 g/mol. The van der Waals surface area contributed by atoms with Gasteiger partial charge in [-0.3, -0.25) is 4.79 Å². The highest BCUT2D eigenvalue weighted by Crippen LogP contribution is 2.41. The topological polar surface area (TPSA) is 58.4 Å². The molecule has 2 atom stereocenters. The van der Waals surface area contributed by atoms with Crippen molar-refractivity contribution in [1.82, 2.24) is 14.5 Å². The zero-order valence-corrected chi connectivity index (χ0v) is 21.7. The molecule has 4 aromatic carbocycles. The highest BCUT2D eigenvalue weighted by molar-refractivity contribution is 5.81. The summed E-state index contributed by atoms with van der Waals surface area (Å²) in [5.41, 5.74) is 4.10. The summed E-state index contributed by atoms with van der Waals surface area (Å²) in [6.07, 6.45) is 3.30. The Morgan fingerprint density at radius 2 is 1.26 bits per heavy atom. The van der Waals surface area contributed by atoms with Crippen LogP contribution in [0.1, 0.15) is 40.5 Å². The van der Waals surface area contributed by atoms with Crippen LogP contribution in [-0.4, -0.2) is 32.0 Å². The van der Waals surface area contributed by atoms with E-state index in [9.17, 15) is 9.90 Å². The number of aliphatic hydroxyl groups is 1. The van der Waals surface area contributed by atoms with Gasteiger partial charge in [0, 0.05) is 19.3 Å². The summed E-state index contributed by atoms with van der Waals surface area (Å²) in [4.78, 5) is 19.8. The SMILES string of the molecule is O=C1C(C(O)c2cn(C(c3ccccc3)(c3ccccc3)c3ccccc3)cn2)CCN1Cc1ccccc1. The Morgan fingerprint density at radius 3 is 1.77 bits per heavy atom. The molecule has 1 saturated heterocycles. The maximum absolute atomic E-state index is 13.3. The molecule has 1 aliphatic heterocycles. The molecule has 1 fully saturated rings. The summed E-state index contributed by atoms with van der Waals surface area (Å²) in [6, 6.07) is 41.0. The van der Waals surface area contributed by atoms with Crippen molar-refractivity contribution in [3.8, 4) is 0 Å². The van der Waals surface area contributed by atoms with Gasteiger partial charge in [-0.25, -0.2) is 4.98 Å². The lowest BCUT2D eigenvalue weighted by atomic mass is 9.76. The molecule has 0 spiro atoms. The van der Waals surface area contributed by atoms with Crippen LogP contribution < -0.4 is 0 Å². The van der Waals surface area contributed by atoms with Crippen molar-refractivity contribution >= 4 is 5.91 Å². The molecule has 0 bridgehead atoms. The van der Waals surface area contributed by atoms with Crippen LogP contribution >= 0.6 is 0 Å². The average Bonchev–Trinajstić information content (AvgIpc) is 3.63. The van der Waals surface area contributed by atoms with Crippen molar-refractivity contribution in [1.29, 1.82) is 0 Å². The van der Waals surface area contributed by atoms with Gasteiger partial charge in [-0.1, -0.05) is 121 Å². The van der Waals surface area contributed by atoms with Gasteiger partial charge in [-0.05, 0) is 28.7 Å². The van der Waals surface area contributed by atoms with Crippen molar-refractivity contribution in [2.24, 2.45) is 5.92 Å². The molecule has 0 radical (unpaired) electrons. The summed E-state index contributed by atoms with van der Waals surface area (Å²) in [5, 5.41) is 11.4. The Balaban J connectivity index is 1.38. The highest BCUT2D eigenvalue weighted by Gasteiger charge is 2.41. The van der Waals surface area contributed by atoms with E-state index in [0.29, 0.717) is 25.2 Å². The number of benzene rings is 4. The van der Waals surface area contributed by atoms with Crippen molar-refractivity contribution in [3.05, 3.63) is 162 Å². The fourth-order valence-corrected chi connectivity index (χ4v) is 5.88. The molecular formula is C34H31N3O2. The fraction of sp³-hybridized carbons (Fsp3) is 0.176. The van der Waals surface area contributed by atoms with Crippen LogP contribution in [0.3, 0.4) is 0 Å². The Morgan fingerprint density at radius 1 is 0.769 bits per heavy atom. The van der Waals surface area contributed by atoms with E-state index >= 15 is 0 Å². The quantitative estimate of drug-likeness (QED) is 0.267. The van der Waals surface area contributed by atoms with Crippen molar-refractivity contribution in [2.75, 3.05) is 6.54 Å². The third-order valence-corrected chi connectivity index (χ3v) is 7.80. The molecule has 5 aromatic rings. The molecule has 2 heterocycles. The Kier molecular flexibility index (Phi) is 6.82. The van der Waals surface area contributed by atoms with E-state index in [0.717, 1.165) is 22.3 Å². The second-order valence-electron chi connectivity index (χ2n) is 10.1. The molecule has 2 unspecified atom stereocenters. The molecule has 6 rings (SSSR count). The Labute approximate surface area is 229 Å². The monoisotopic (exact) mass is 513 g/mol. The molecule has 5 nitrogen and oxygen atoms in total. The summed E-state index contributed by atoms with van der Waals surface area (Å²) in [5.74, 6) is -0.544. The van der Waals surface area contributed by atoms with Gasteiger partial charge in [-0.2, -0.15) is 0 Å². The van der Waals surface area contributed by atoms with Crippen LogP contribution in [0.25, 0.3) is 0 Å². The van der Waals surface area contributed by atoms with Crippen LogP contribution in [0.4, 0.5) is 0 Å². The minimum absolute atomic E-state index is 0.0265. The molecule has 39 heavy (non-hydrogen) atoms. The number of nitrogens with zero attached hydrogens (tertiary/aromatic N) is 3. The van der Waals surface area contributed by atoms with E-state index < -0.39 is 17.6 Å². The van der Waals surface area contributed by atoms with Crippen LogP contribution in [-0.2, 0) is 16.9 Å². The number of aromatic nitrogens is 2. The first-order valence-electron chi connectivity index (χ1n) is 13.4. The molecule has 1 aliphatic rings. The van der Waals surface area contributed by atoms with E-state index in [1.165, 1.54) is 0 Å². The van der Waals surface area contributed by atoms with E-state index in [-0.39, 0.29) is 5.91 Å². The van der Waals surface area contributed by atoms with Crippen LogP contribution in [0, 0.1) is 5.92 Å². The minimum atomic E-state index is -0.987. The normalized spacial score (nSPS) is 16.4. The Hall–Kier alpha value is -4.48.